The molecule has 0 aliphatic carbocycles. The molecule has 0 bridgehead atoms. The van der Waals surface area contributed by atoms with Crippen LogP contribution in [0, 0.1) is 5.41 Å². The Morgan fingerprint density at radius 1 is 1.44 bits per heavy atom. The van der Waals surface area contributed by atoms with Gasteiger partial charge in [0.05, 0.1) is 0 Å². The van der Waals surface area contributed by atoms with Gasteiger partial charge in [0, 0.05) is 30.7 Å². The third-order valence-electron chi connectivity index (χ3n) is 2.74. The number of aliphatic hydroxyl groups is 1. The molecule has 2 N–H and O–H groups in total. The zero-order valence-corrected chi connectivity index (χ0v) is 12.1. The minimum Gasteiger partial charge on any atom is -0.396 e. The molecule has 0 aromatic rings. The lowest BCUT2D eigenvalue weighted by atomic mass is 9.88. The van der Waals surface area contributed by atoms with E-state index in [1.54, 1.807) is 0 Å². The quantitative estimate of drug-likeness (QED) is 0.690. The minimum absolute atomic E-state index is 0.327. The van der Waals surface area contributed by atoms with Crippen LogP contribution in [0.2, 0.25) is 0 Å². The van der Waals surface area contributed by atoms with Gasteiger partial charge in [0.1, 0.15) is 0 Å². The molecule has 2 nitrogen and oxygen atoms in total. The number of aliphatic hydroxyl groups excluding tert-OH is 1. The summed E-state index contributed by atoms with van der Waals surface area (Å²) in [6.07, 6.45) is 2.23. The van der Waals surface area contributed by atoms with Crippen LogP contribution in [0.15, 0.2) is 0 Å². The molecule has 0 radical (unpaired) electrons. The van der Waals surface area contributed by atoms with Crippen molar-refractivity contribution < 1.29 is 5.11 Å². The summed E-state index contributed by atoms with van der Waals surface area (Å²) in [6, 6.07) is 0.701. The first-order valence-corrected chi connectivity index (χ1v) is 8.45. The number of nitrogens with one attached hydrogen (secondary N) is 1. The van der Waals surface area contributed by atoms with E-state index in [0.717, 1.165) is 18.7 Å². The molecule has 96 valence electrons. The fraction of sp³-hybridized carbons (Fsp3) is 1.00. The molecule has 1 aliphatic rings. The molecule has 1 aliphatic heterocycles. The zero-order valence-electron chi connectivity index (χ0n) is 10.5. The van der Waals surface area contributed by atoms with Gasteiger partial charge in [-0.25, -0.2) is 0 Å². The number of hydrogen-bond acceptors (Lipinski definition) is 4. The first kappa shape index (κ1) is 14.7. The van der Waals surface area contributed by atoms with Crippen molar-refractivity contribution in [3.05, 3.63) is 0 Å². The van der Waals surface area contributed by atoms with Crippen LogP contribution in [0.25, 0.3) is 0 Å². The van der Waals surface area contributed by atoms with E-state index < -0.39 is 0 Å². The Hall–Kier alpha value is 0.620. The maximum Gasteiger partial charge on any atom is 0.0438 e. The molecule has 1 rings (SSSR count). The van der Waals surface area contributed by atoms with Crippen LogP contribution in [0.1, 0.15) is 26.7 Å². The number of thioether (sulfide) groups is 2. The summed E-state index contributed by atoms with van der Waals surface area (Å²) >= 11 is 4.02. The van der Waals surface area contributed by atoms with E-state index in [0.29, 0.717) is 18.1 Å². The SMILES string of the molecule is CC1(C)CSCC(NCCSCCCO)C1. The Bertz CT molecular complexity index is 188. The van der Waals surface area contributed by atoms with Crippen molar-refractivity contribution in [2.45, 2.75) is 32.7 Å². The van der Waals surface area contributed by atoms with Crippen molar-refractivity contribution in [3.8, 4) is 0 Å². The average Bonchev–Trinajstić information content (AvgIpc) is 2.22. The second kappa shape index (κ2) is 7.85. The van der Waals surface area contributed by atoms with Crippen LogP contribution in [0.5, 0.6) is 0 Å². The molecular formula is C12H25NOS2. The Morgan fingerprint density at radius 2 is 2.25 bits per heavy atom. The lowest BCUT2D eigenvalue weighted by Crippen LogP contribution is -2.41. The van der Waals surface area contributed by atoms with Crippen molar-refractivity contribution in [3.63, 3.8) is 0 Å². The summed E-state index contributed by atoms with van der Waals surface area (Å²) in [5.41, 5.74) is 0.505. The standard InChI is InChI=1S/C12H25NOS2/c1-12(2)8-11(9-16-10-12)13-4-7-15-6-3-5-14/h11,13-14H,3-10H2,1-2H3. The van der Waals surface area contributed by atoms with E-state index in [-0.39, 0.29) is 0 Å². The van der Waals surface area contributed by atoms with Crippen LogP contribution in [0.3, 0.4) is 0 Å². The summed E-state index contributed by atoms with van der Waals surface area (Å²) in [7, 11) is 0. The van der Waals surface area contributed by atoms with Gasteiger partial charge in [-0.05, 0) is 29.8 Å². The van der Waals surface area contributed by atoms with E-state index in [1.807, 2.05) is 11.8 Å². The molecule has 0 saturated carbocycles. The van der Waals surface area contributed by atoms with Gasteiger partial charge in [0.25, 0.3) is 0 Å². The molecule has 1 atom stereocenters. The highest BCUT2D eigenvalue weighted by molar-refractivity contribution is 7.99. The highest BCUT2D eigenvalue weighted by Gasteiger charge is 2.27. The van der Waals surface area contributed by atoms with Crippen molar-refractivity contribution in [1.82, 2.24) is 5.32 Å². The predicted molar refractivity (Wildman–Crippen MR) is 76.5 cm³/mol. The predicted octanol–water partition coefficient (Wildman–Crippen LogP) is 2.22. The van der Waals surface area contributed by atoms with E-state index in [4.69, 9.17) is 5.11 Å². The molecule has 0 aromatic heterocycles. The van der Waals surface area contributed by atoms with Gasteiger partial charge in [-0.3, -0.25) is 0 Å². The maximum absolute atomic E-state index is 8.65. The minimum atomic E-state index is 0.327. The molecule has 0 aromatic carbocycles. The topological polar surface area (TPSA) is 32.3 Å². The zero-order chi connectivity index (χ0) is 11.9. The highest BCUT2D eigenvalue weighted by atomic mass is 32.2. The van der Waals surface area contributed by atoms with E-state index >= 15 is 0 Å². The Morgan fingerprint density at radius 3 is 2.94 bits per heavy atom. The fourth-order valence-electron chi connectivity index (χ4n) is 2.00. The van der Waals surface area contributed by atoms with Crippen molar-refractivity contribution in [1.29, 1.82) is 0 Å². The van der Waals surface area contributed by atoms with Gasteiger partial charge in [-0.1, -0.05) is 13.8 Å². The summed E-state index contributed by atoms with van der Waals surface area (Å²) < 4.78 is 0. The van der Waals surface area contributed by atoms with Crippen LogP contribution in [-0.2, 0) is 0 Å². The third kappa shape index (κ3) is 6.38. The first-order chi connectivity index (χ1) is 7.64. The maximum atomic E-state index is 8.65. The molecular weight excluding hydrogens is 238 g/mol. The summed E-state index contributed by atoms with van der Waals surface area (Å²) in [5.74, 6) is 4.83. The molecule has 0 amide bonds. The van der Waals surface area contributed by atoms with Gasteiger partial charge in [-0.15, -0.1) is 0 Å². The smallest absolute Gasteiger partial charge is 0.0438 e. The van der Waals surface area contributed by atoms with Gasteiger partial charge in [0.2, 0.25) is 0 Å². The number of rotatable bonds is 7. The van der Waals surface area contributed by atoms with Crippen LogP contribution in [-0.4, -0.2) is 47.3 Å². The normalized spacial score (nSPS) is 24.6. The number of hydrogen-bond donors (Lipinski definition) is 2. The molecule has 4 heteroatoms. The Kier molecular flexibility index (Phi) is 7.20. The lowest BCUT2D eigenvalue weighted by Gasteiger charge is -2.35. The van der Waals surface area contributed by atoms with Crippen molar-refractivity contribution >= 4 is 23.5 Å². The van der Waals surface area contributed by atoms with Crippen LogP contribution >= 0.6 is 23.5 Å². The largest absolute Gasteiger partial charge is 0.396 e. The lowest BCUT2D eigenvalue weighted by molar-refractivity contribution is 0.296. The molecule has 1 fully saturated rings. The summed E-state index contributed by atoms with van der Waals surface area (Å²) in [4.78, 5) is 0. The third-order valence-corrected chi connectivity index (χ3v) is 5.43. The van der Waals surface area contributed by atoms with Crippen molar-refractivity contribution in [2.24, 2.45) is 5.41 Å². The molecule has 1 unspecified atom stereocenters. The molecule has 0 spiro atoms. The van der Waals surface area contributed by atoms with Gasteiger partial charge >= 0.3 is 0 Å². The Labute approximate surface area is 108 Å². The second-order valence-corrected chi connectivity index (χ2v) is 7.48. The summed E-state index contributed by atoms with van der Waals surface area (Å²) in [6.45, 7) is 6.17. The molecule has 1 saturated heterocycles. The van der Waals surface area contributed by atoms with E-state index in [2.05, 4.69) is 30.9 Å². The Balaban J connectivity index is 2.00. The monoisotopic (exact) mass is 263 g/mol. The van der Waals surface area contributed by atoms with Crippen LogP contribution in [0.4, 0.5) is 0 Å². The van der Waals surface area contributed by atoms with Gasteiger partial charge < -0.3 is 10.4 Å². The second-order valence-electron chi connectivity index (χ2n) is 5.22. The molecule has 16 heavy (non-hydrogen) atoms. The van der Waals surface area contributed by atoms with Crippen molar-refractivity contribution in [2.75, 3.05) is 36.2 Å². The summed E-state index contributed by atoms with van der Waals surface area (Å²) in [5, 5.41) is 12.3. The van der Waals surface area contributed by atoms with E-state index in [1.165, 1.54) is 23.7 Å². The van der Waals surface area contributed by atoms with Gasteiger partial charge in [0.15, 0.2) is 0 Å². The first-order valence-electron chi connectivity index (χ1n) is 6.14. The van der Waals surface area contributed by atoms with Gasteiger partial charge in [-0.2, -0.15) is 23.5 Å². The van der Waals surface area contributed by atoms with Crippen LogP contribution < -0.4 is 5.32 Å². The van der Waals surface area contributed by atoms with E-state index in [9.17, 15) is 0 Å². The fourth-order valence-corrected chi connectivity index (χ4v) is 4.11. The highest BCUT2D eigenvalue weighted by Crippen LogP contribution is 2.33. The average molecular weight is 263 g/mol. The molecule has 1 heterocycles.